The van der Waals surface area contributed by atoms with Gasteiger partial charge >= 0.3 is 0 Å². The highest BCUT2D eigenvalue weighted by molar-refractivity contribution is 7.98. The van der Waals surface area contributed by atoms with Crippen LogP contribution in [0.2, 0.25) is 0 Å². The molecule has 3 aromatic rings. The Labute approximate surface area is 171 Å². The number of benzene rings is 2. The summed E-state index contributed by atoms with van der Waals surface area (Å²) in [5.41, 5.74) is 2.63. The average molecular weight is 411 g/mol. The third kappa shape index (κ3) is 4.21. The number of rotatable bonds is 6. The summed E-state index contributed by atoms with van der Waals surface area (Å²) < 4.78 is 5.43. The molecule has 0 saturated heterocycles. The molecule has 0 spiro atoms. The van der Waals surface area contributed by atoms with Crippen molar-refractivity contribution in [3.63, 3.8) is 0 Å². The highest BCUT2D eigenvalue weighted by Crippen LogP contribution is 2.32. The second kappa shape index (κ2) is 8.50. The molecule has 28 heavy (non-hydrogen) atoms. The number of anilines is 2. The molecule has 5 nitrogen and oxygen atoms in total. The Balaban J connectivity index is 1.45. The van der Waals surface area contributed by atoms with Crippen LogP contribution in [0.5, 0.6) is 5.75 Å². The molecule has 0 radical (unpaired) electrons. The normalized spacial score (nSPS) is 13.0. The predicted molar refractivity (Wildman–Crippen MR) is 113 cm³/mol. The SMILES string of the molecule is O=C(CN1C(=O)COc2ccccc21)Nc1ccccc1SCc1ccsc1. The van der Waals surface area contributed by atoms with Gasteiger partial charge in [0.15, 0.2) is 6.61 Å². The van der Waals surface area contributed by atoms with Gasteiger partial charge in [0.25, 0.3) is 5.91 Å². The zero-order valence-electron chi connectivity index (χ0n) is 15.0. The first kappa shape index (κ1) is 18.6. The number of fused-ring (bicyclic) bond motifs is 1. The van der Waals surface area contributed by atoms with Gasteiger partial charge in [-0.3, -0.25) is 14.5 Å². The topological polar surface area (TPSA) is 58.6 Å². The molecule has 7 heteroatoms. The maximum atomic E-state index is 12.7. The Morgan fingerprint density at radius 2 is 1.96 bits per heavy atom. The third-order valence-electron chi connectivity index (χ3n) is 4.25. The number of thiophene rings is 1. The number of nitrogens with zero attached hydrogens (tertiary/aromatic N) is 1. The van der Waals surface area contributed by atoms with Gasteiger partial charge in [0.1, 0.15) is 12.3 Å². The number of carbonyl (C=O) groups is 2. The van der Waals surface area contributed by atoms with E-state index in [4.69, 9.17) is 4.74 Å². The maximum absolute atomic E-state index is 12.7. The number of nitrogens with one attached hydrogen (secondary N) is 1. The Kier molecular flexibility index (Phi) is 5.64. The molecular formula is C21H18N2O3S2. The molecule has 2 aromatic carbocycles. The summed E-state index contributed by atoms with van der Waals surface area (Å²) in [6.07, 6.45) is 0. The monoisotopic (exact) mass is 410 g/mol. The molecule has 0 fully saturated rings. The van der Waals surface area contributed by atoms with Crippen LogP contribution in [0.25, 0.3) is 0 Å². The van der Waals surface area contributed by atoms with E-state index in [1.807, 2.05) is 36.4 Å². The third-order valence-corrected chi connectivity index (χ3v) is 6.12. The van der Waals surface area contributed by atoms with Crippen LogP contribution >= 0.6 is 23.1 Å². The lowest BCUT2D eigenvalue weighted by Gasteiger charge is -2.28. The Morgan fingerprint density at radius 1 is 1.14 bits per heavy atom. The van der Waals surface area contributed by atoms with Crippen LogP contribution in [-0.4, -0.2) is 25.0 Å². The minimum absolute atomic E-state index is 0.0528. The zero-order valence-corrected chi connectivity index (χ0v) is 16.6. The van der Waals surface area contributed by atoms with Crippen LogP contribution in [0.4, 0.5) is 11.4 Å². The van der Waals surface area contributed by atoms with Crippen molar-refractivity contribution >= 4 is 46.3 Å². The molecule has 0 unspecified atom stereocenters. The Morgan fingerprint density at radius 3 is 2.82 bits per heavy atom. The lowest BCUT2D eigenvalue weighted by atomic mass is 10.2. The van der Waals surface area contributed by atoms with E-state index in [1.165, 1.54) is 10.5 Å². The second-order valence-electron chi connectivity index (χ2n) is 6.20. The van der Waals surface area contributed by atoms with E-state index in [-0.39, 0.29) is 25.0 Å². The van der Waals surface area contributed by atoms with E-state index in [0.717, 1.165) is 16.3 Å². The van der Waals surface area contributed by atoms with Gasteiger partial charge in [0, 0.05) is 10.6 Å². The van der Waals surface area contributed by atoms with Gasteiger partial charge in [-0.15, -0.1) is 11.8 Å². The van der Waals surface area contributed by atoms with Crippen molar-refractivity contribution in [2.45, 2.75) is 10.6 Å². The van der Waals surface area contributed by atoms with E-state index in [9.17, 15) is 9.59 Å². The average Bonchev–Trinajstić information content (AvgIpc) is 3.23. The minimum atomic E-state index is -0.242. The van der Waals surface area contributed by atoms with Crippen molar-refractivity contribution in [1.29, 1.82) is 0 Å². The summed E-state index contributed by atoms with van der Waals surface area (Å²) in [4.78, 5) is 27.4. The number of para-hydroxylation sites is 3. The molecule has 1 N–H and O–H groups in total. The minimum Gasteiger partial charge on any atom is -0.482 e. The molecule has 2 amide bonds. The summed E-state index contributed by atoms with van der Waals surface area (Å²) in [7, 11) is 0. The van der Waals surface area contributed by atoms with Crippen molar-refractivity contribution in [2.75, 3.05) is 23.4 Å². The first-order valence-electron chi connectivity index (χ1n) is 8.75. The molecule has 0 aliphatic carbocycles. The van der Waals surface area contributed by atoms with E-state index < -0.39 is 0 Å². The van der Waals surface area contributed by atoms with Crippen molar-refractivity contribution in [2.24, 2.45) is 0 Å². The van der Waals surface area contributed by atoms with Gasteiger partial charge in [0.05, 0.1) is 11.4 Å². The summed E-state index contributed by atoms with van der Waals surface area (Å²) in [6.45, 7) is -0.111. The highest BCUT2D eigenvalue weighted by Gasteiger charge is 2.27. The van der Waals surface area contributed by atoms with Crippen LogP contribution < -0.4 is 15.0 Å². The molecule has 4 rings (SSSR count). The van der Waals surface area contributed by atoms with E-state index in [2.05, 4.69) is 22.1 Å². The fourth-order valence-corrected chi connectivity index (χ4v) is 4.62. The van der Waals surface area contributed by atoms with Crippen molar-refractivity contribution in [3.05, 3.63) is 70.9 Å². The molecule has 0 atom stereocenters. The largest absolute Gasteiger partial charge is 0.482 e. The smallest absolute Gasteiger partial charge is 0.265 e. The van der Waals surface area contributed by atoms with E-state index in [1.54, 1.807) is 35.2 Å². The Hall–Kier alpha value is -2.77. The summed E-state index contributed by atoms with van der Waals surface area (Å²) in [5, 5.41) is 7.12. The van der Waals surface area contributed by atoms with Gasteiger partial charge in [-0.25, -0.2) is 0 Å². The van der Waals surface area contributed by atoms with Crippen molar-refractivity contribution < 1.29 is 14.3 Å². The number of ether oxygens (including phenoxy) is 1. The number of amides is 2. The number of hydrogen-bond acceptors (Lipinski definition) is 5. The van der Waals surface area contributed by atoms with Gasteiger partial charge in [-0.1, -0.05) is 24.3 Å². The van der Waals surface area contributed by atoms with E-state index in [0.29, 0.717) is 11.4 Å². The fourth-order valence-electron chi connectivity index (χ4n) is 2.89. The van der Waals surface area contributed by atoms with Crippen LogP contribution in [0.1, 0.15) is 5.56 Å². The number of thioether (sulfide) groups is 1. The summed E-state index contributed by atoms with van der Waals surface area (Å²) in [6, 6.07) is 17.0. The lowest BCUT2D eigenvalue weighted by molar-refractivity contribution is -0.123. The Bertz CT molecular complexity index is 989. The summed E-state index contributed by atoms with van der Waals surface area (Å²) in [5.74, 6) is 0.982. The zero-order chi connectivity index (χ0) is 19.3. The highest BCUT2D eigenvalue weighted by atomic mass is 32.2. The second-order valence-corrected chi connectivity index (χ2v) is 8.00. The quantitative estimate of drug-likeness (QED) is 0.612. The molecule has 1 aromatic heterocycles. The molecule has 0 bridgehead atoms. The molecular weight excluding hydrogens is 392 g/mol. The van der Waals surface area contributed by atoms with Crippen LogP contribution in [0.15, 0.2) is 70.3 Å². The predicted octanol–water partition coefficient (Wildman–Crippen LogP) is 4.40. The molecule has 1 aliphatic heterocycles. The first-order chi connectivity index (χ1) is 13.7. The van der Waals surface area contributed by atoms with Crippen LogP contribution in [0.3, 0.4) is 0 Å². The molecule has 142 valence electrons. The van der Waals surface area contributed by atoms with Gasteiger partial charge in [0.2, 0.25) is 5.91 Å². The fraction of sp³-hybridized carbons (Fsp3) is 0.143. The van der Waals surface area contributed by atoms with Crippen LogP contribution in [-0.2, 0) is 15.3 Å². The standard InChI is InChI=1S/C21H18N2O3S2/c24-20(11-23-17-6-2-3-7-18(17)26-12-21(23)25)22-16-5-1-4-8-19(16)28-14-15-9-10-27-13-15/h1-10,13H,11-12,14H2,(H,22,24). The van der Waals surface area contributed by atoms with Gasteiger partial charge in [-0.05, 0) is 46.7 Å². The molecule has 1 aliphatic rings. The first-order valence-corrected chi connectivity index (χ1v) is 10.7. The molecule has 2 heterocycles. The maximum Gasteiger partial charge on any atom is 0.265 e. The number of carbonyl (C=O) groups excluding carboxylic acids is 2. The van der Waals surface area contributed by atoms with Gasteiger partial charge < -0.3 is 10.1 Å². The van der Waals surface area contributed by atoms with Crippen LogP contribution in [0, 0.1) is 0 Å². The van der Waals surface area contributed by atoms with Gasteiger partial charge in [-0.2, -0.15) is 11.3 Å². The number of hydrogen-bond donors (Lipinski definition) is 1. The summed E-state index contributed by atoms with van der Waals surface area (Å²) >= 11 is 3.35. The van der Waals surface area contributed by atoms with Crippen molar-refractivity contribution in [3.8, 4) is 5.75 Å². The lowest BCUT2D eigenvalue weighted by Crippen LogP contribution is -2.43. The van der Waals surface area contributed by atoms with Crippen molar-refractivity contribution in [1.82, 2.24) is 0 Å². The molecule has 0 saturated carbocycles. The van der Waals surface area contributed by atoms with E-state index >= 15 is 0 Å².